The molecule has 7 heteroatoms. The first kappa shape index (κ1) is 15.5. The van der Waals surface area contributed by atoms with Crippen molar-refractivity contribution in [2.24, 2.45) is 0 Å². The van der Waals surface area contributed by atoms with Crippen LogP contribution >= 0.6 is 0 Å². The van der Waals surface area contributed by atoms with Gasteiger partial charge < -0.3 is 15.4 Å². The van der Waals surface area contributed by atoms with E-state index >= 15 is 0 Å². The highest BCUT2D eigenvalue weighted by atomic mass is 16.5. The molecule has 0 radical (unpaired) electrons. The van der Waals surface area contributed by atoms with Gasteiger partial charge in [0.15, 0.2) is 0 Å². The Kier molecular flexibility index (Phi) is 4.15. The van der Waals surface area contributed by atoms with E-state index < -0.39 is 18.0 Å². The van der Waals surface area contributed by atoms with Crippen molar-refractivity contribution in [1.29, 1.82) is 0 Å². The second-order valence-electron chi connectivity index (χ2n) is 5.20. The van der Waals surface area contributed by atoms with E-state index in [0.29, 0.717) is 22.6 Å². The largest absolute Gasteiger partial charge is 0.497 e. The summed E-state index contributed by atoms with van der Waals surface area (Å²) in [7, 11) is 1.55. The SMILES string of the molecule is COc1ccc(C(=O)Nc2cccc(C3NC(=O)NC3=O)c2)cc1. The highest BCUT2D eigenvalue weighted by Gasteiger charge is 2.30. The van der Waals surface area contributed by atoms with E-state index in [1.165, 1.54) is 0 Å². The lowest BCUT2D eigenvalue weighted by molar-refractivity contribution is -0.120. The minimum atomic E-state index is -0.754. The number of hydrogen-bond donors (Lipinski definition) is 3. The molecule has 7 nitrogen and oxygen atoms in total. The Labute approximate surface area is 138 Å². The Morgan fingerprint density at radius 3 is 2.50 bits per heavy atom. The summed E-state index contributed by atoms with van der Waals surface area (Å²) in [5.74, 6) is -0.0372. The molecule has 0 bridgehead atoms. The van der Waals surface area contributed by atoms with Crippen molar-refractivity contribution >= 4 is 23.5 Å². The summed E-state index contributed by atoms with van der Waals surface area (Å²) in [5, 5.41) is 7.45. The number of carbonyl (C=O) groups excluding carboxylic acids is 3. The zero-order valence-electron chi connectivity index (χ0n) is 12.8. The molecule has 2 aromatic carbocycles. The molecule has 0 spiro atoms. The van der Waals surface area contributed by atoms with Gasteiger partial charge in [0.2, 0.25) is 0 Å². The Morgan fingerprint density at radius 1 is 1.12 bits per heavy atom. The second kappa shape index (κ2) is 6.41. The molecule has 1 heterocycles. The third-order valence-electron chi connectivity index (χ3n) is 3.60. The monoisotopic (exact) mass is 325 g/mol. The minimum absolute atomic E-state index is 0.283. The number of amides is 4. The summed E-state index contributed by atoms with van der Waals surface area (Å²) in [4.78, 5) is 35.2. The highest BCUT2D eigenvalue weighted by molar-refractivity contribution is 6.06. The normalized spacial score (nSPS) is 16.3. The van der Waals surface area contributed by atoms with Gasteiger partial charge in [-0.15, -0.1) is 0 Å². The molecule has 2 aromatic rings. The zero-order chi connectivity index (χ0) is 17.1. The maximum atomic E-state index is 12.3. The van der Waals surface area contributed by atoms with Crippen molar-refractivity contribution in [3.63, 3.8) is 0 Å². The summed E-state index contributed by atoms with van der Waals surface area (Å²) in [6.45, 7) is 0. The Bertz CT molecular complexity index is 802. The van der Waals surface area contributed by atoms with E-state index in [-0.39, 0.29) is 5.91 Å². The van der Waals surface area contributed by atoms with E-state index in [0.717, 1.165) is 0 Å². The van der Waals surface area contributed by atoms with Crippen LogP contribution in [-0.4, -0.2) is 25.0 Å². The molecule has 1 atom stereocenters. The van der Waals surface area contributed by atoms with Gasteiger partial charge in [-0.3, -0.25) is 14.9 Å². The van der Waals surface area contributed by atoms with E-state index in [1.807, 2.05) is 0 Å². The fourth-order valence-electron chi connectivity index (χ4n) is 2.39. The van der Waals surface area contributed by atoms with Crippen molar-refractivity contribution in [1.82, 2.24) is 10.6 Å². The molecule has 1 unspecified atom stereocenters. The Balaban J connectivity index is 1.75. The molecule has 0 saturated carbocycles. The lowest BCUT2D eigenvalue weighted by Crippen LogP contribution is -2.22. The molecule has 1 aliphatic rings. The van der Waals surface area contributed by atoms with Crippen LogP contribution in [0.2, 0.25) is 0 Å². The third-order valence-corrected chi connectivity index (χ3v) is 3.60. The van der Waals surface area contributed by atoms with E-state index in [2.05, 4.69) is 16.0 Å². The summed E-state index contributed by atoms with van der Waals surface area (Å²) >= 11 is 0. The second-order valence-corrected chi connectivity index (χ2v) is 5.20. The molecular formula is C17H15N3O4. The molecule has 4 amide bonds. The molecule has 3 N–H and O–H groups in total. The molecule has 0 aromatic heterocycles. The number of rotatable bonds is 4. The number of nitrogens with one attached hydrogen (secondary N) is 3. The summed E-state index contributed by atoms with van der Waals surface area (Å²) < 4.78 is 5.05. The van der Waals surface area contributed by atoms with Crippen LogP contribution in [0.4, 0.5) is 10.5 Å². The lowest BCUT2D eigenvalue weighted by atomic mass is 10.1. The van der Waals surface area contributed by atoms with Gasteiger partial charge in [-0.2, -0.15) is 0 Å². The van der Waals surface area contributed by atoms with Gasteiger partial charge in [-0.05, 0) is 42.0 Å². The van der Waals surface area contributed by atoms with Crippen LogP contribution in [0.15, 0.2) is 48.5 Å². The molecule has 3 rings (SSSR count). The van der Waals surface area contributed by atoms with Gasteiger partial charge in [0.25, 0.3) is 11.8 Å². The first-order valence-electron chi connectivity index (χ1n) is 7.23. The molecule has 1 fully saturated rings. The Morgan fingerprint density at radius 2 is 1.88 bits per heavy atom. The number of ether oxygens (including phenoxy) is 1. The van der Waals surface area contributed by atoms with Gasteiger partial charge >= 0.3 is 6.03 Å². The first-order valence-corrected chi connectivity index (χ1v) is 7.23. The quantitative estimate of drug-likeness (QED) is 0.747. The topological polar surface area (TPSA) is 96.5 Å². The van der Waals surface area contributed by atoms with E-state index in [4.69, 9.17) is 4.74 Å². The average molecular weight is 325 g/mol. The number of anilines is 1. The third kappa shape index (κ3) is 3.19. The summed E-state index contributed by atoms with van der Waals surface area (Å²) in [6.07, 6.45) is 0. The fourth-order valence-corrected chi connectivity index (χ4v) is 2.39. The first-order chi connectivity index (χ1) is 11.6. The molecule has 1 saturated heterocycles. The van der Waals surface area contributed by atoms with Gasteiger partial charge in [-0.25, -0.2) is 4.79 Å². The molecular weight excluding hydrogens is 310 g/mol. The van der Waals surface area contributed by atoms with Crippen LogP contribution < -0.4 is 20.7 Å². The van der Waals surface area contributed by atoms with Crippen molar-refractivity contribution in [3.05, 3.63) is 59.7 Å². The minimum Gasteiger partial charge on any atom is -0.497 e. The molecule has 1 aliphatic heterocycles. The van der Waals surface area contributed by atoms with Crippen LogP contribution in [0.5, 0.6) is 5.75 Å². The maximum absolute atomic E-state index is 12.3. The van der Waals surface area contributed by atoms with Crippen molar-refractivity contribution in [2.45, 2.75) is 6.04 Å². The molecule has 24 heavy (non-hydrogen) atoms. The number of carbonyl (C=O) groups is 3. The number of imide groups is 1. The van der Waals surface area contributed by atoms with Gasteiger partial charge in [0, 0.05) is 11.3 Å². The van der Waals surface area contributed by atoms with Gasteiger partial charge in [0.1, 0.15) is 11.8 Å². The van der Waals surface area contributed by atoms with Crippen molar-refractivity contribution in [3.8, 4) is 5.75 Å². The van der Waals surface area contributed by atoms with Crippen molar-refractivity contribution in [2.75, 3.05) is 12.4 Å². The van der Waals surface area contributed by atoms with Crippen LogP contribution in [0, 0.1) is 0 Å². The van der Waals surface area contributed by atoms with Gasteiger partial charge in [0.05, 0.1) is 7.11 Å². The van der Waals surface area contributed by atoms with Crippen molar-refractivity contribution < 1.29 is 19.1 Å². The molecule has 0 aliphatic carbocycles. The number of urea groups is 1. The van der Waals surface area contributed by atoms with Crippen LogP contribution in [0.3, 0.4) is 0 Å². The predicted molar refractivity (Wildman–Crippen MR) is 86.8 cm³/mol. The fraction of sp³-hybridized carbons (Fsp3) is 0.118. The molecule has 122 valence electrons. The van der Waals surface area contributed by atoms with Crippen LogP contribution in [0.1, 0.15) is 22.0 Å². The Hall–Kier alpha value is -3.35. The van der Waals surface area contributed by atoms with E-state index in [9.17, 15) is 14.4 Å². The lowest BCUT2D eigenvalue weighted by Gasteiger charge is -2.11. The summed E-state index contributed by atoms with van der Waals surface area (Å²) in [6, 6.07) is 12.2. The number of benzene rings is 2. The smallest absolute Gasteiger partial charge is 0.322 e. The van der Waals surface area contributed by atoms with E-state index in [1.54, 1.807) is 55.6 Å². The maximum Gasteiger partial charge on any atom is 0.322 e. The van der Waals surface area contributed by atoms with Crippen LogP contribution in [0.25, 0.3) is 0 Å². The average Bonchev–Trinajstić information content (AvgIpc) is 2.93. The standard InChI is InChI=1S/C17H15N3O4/c1-24-13-7-5-10(6-8-13)15(21)18-12-4-2-3-11(9-12)14-16(22)20-17(23)19-14/h2-9,14H,1H3,(H,18,21)(H2,19,20,22,23). The highest BCUT2D eigenvalue weighted by Crippen LogP contribution is 2.21. The number of hydrogen-bond acceptors (Lipinski definition) is 4. The summed E-state index contributed by atoms with van der Waals surface area (Å²) in [5.41, 5.74) is 1.60. The van der Waals surface area contributed by atoms with Crippen LogP contribution in [-0.2, 0) is 4.79 Å². The predicted octanol–water partition coefficient (Wildman–Crippen LogP) is 1.83. The zero-order valence-corrected chi connectivity index (χ0v) is 12.8. The number of methoxy groups -OCH3 is 1. The van der Waals surface area contributed by atoms with Gasteiger partial charge in [-0.1, -0.05) is 12.1 Å².